The number of nitrogens with zero attached hydrogens (tertiary/aromatic N) is 3. The molecular weight excluding hydrogens is 485 g/mol. The number of H-pyrrole nitrogens is 1. The van der Waals surface area contributed by atoms with Crippen molar-refractivity contribution < 1.29 is 9.53 Å². The van der Waals surface area contributed by atoms with Crippen LogP contribution in [0.1, 0.15) is 32.8 Å². The normalized spacial score (nSPS) is 11.4. The third kappa shape index (κ3) is 9.59. The van der Waals surface area contributed by atoms with E-state index < -0.39 is 11.7 Å². The molecule has 1 heterocycles. The minimum atomic E-state index is -0.487. The topological polar surface area (TPSA) is 116 Å². The van der Waals surface area contributed by atoms with E-state index in [0.29, 0.717) is 25.6 Å². The van der Waals surface area contributed by atoms with Gasteiger partial charge >= 0.3 is 6.09 Å². The molecule has 0 aliphatic heterocycles. The summed E-state index contributed by atoms with van der Waals surface area (Å²) in [5, 5.41) is 16.0. The number of nitrogens with one attached hydrogen (secondary N) is 4. The van der Waals surface area contributed by atoms with E-state index in [-0.39, 0.29) is 24.0 Å². The van der Waals surface area contributed by atoms with Gasteiger partial charge < -0.3 is 20.7 Å². The van der Waals surface area contributed by atoms with Crippen LogP contribution in [-0.4, -0.2) is 53.0 Å². The number of hydrogen-bond acceptors (Lipinski definition) is 5. The van der Waals surface area contributed by atoms with Gasteiger partial charge in [-0.3, -0.25) is 10.1 Å². The Balaban J connectivity index is 0.00000420. The lowest BCUT2D eigenvalue weighted by molar-refractivity contribution is 0.0527. The maximum absolute atomic E-state index is 11.6. The van der Waals surface area contributed by atoms with Gasteiger partial charge in [-0.25, -0.2) is 9.78 Å². The molecule has 1 aromatic heterocycles. The molecule has 0 radical (unpaired) electrons. The highest BCUT2D eigenvalue weighted by molar-refractivity contribution is 14.0. The molecular formula is C19H30IN7O2. The summed E-state index contributed by atoms with van der Waals surface area (Å²) in [5.74, 6) is 1.43. The highest BCUT2D eigenvalue weighted by Crippen LogP contribution is 2.15. The fourth-order valence-electron chi connectivity index (χ4n) is 2.38. The van der Waals surface area contributed by atoms with E-state index in [9.17, 15) is 4.79 Å². The van der Waals surface area contributed by atoms with E-state index in [2.05, 4.69) is 36.1 Å². The third-order valence-corrected chi connectivity index (χ3v) is 3.61. The molecule has 0 aliphatic rings. The molecule has 2 aromatic rings. The van der Waals surface area contributed by atoms with E-state index in [1.807, 2.05) is 45.0 Å². The lowest BCUT2D eigenvalue weighted by Gasteiger charge is -2.19. The average molecular weight is 515 g/mol. The van der Waals surface area contributed by atoms with Crippen molar-refractivity contribution in [2.24, 2.45) is 4.99 Å². The quantitative estimate of drug-likeness (QED) is 0.195. The Bertz CT molecular complexity index is 773. The van der Waals surface area contributed by atoms with Crippen molar-refractivity contribution in [1.82, 2.24) is 31.1 Å². The molecule has 160 valence electrons. The zero-order valence-electron chi connectivity index (χ0n) is 17.3. The molecule has 29 heavy (non-hydrogen) atoms. The van der Waals surface area contributed by atoms with Gasteiger partial charge in [0.1, 0.15) is 11.9 Å². The standard InChI is InChI=1S/C19H29N7O2.HI/c1-19(2,3)28-18(27)22-10-6-9-21-17(20-4)23-12-14-7-5-8-15(11-14)16-24-13-25-26-16;/h5,7-8,11,13H,6,9-10,12H2,1-4H3,(H,22,27)(H2,20,21,23)(H,24,25,26);1H. The van der Waals surface area contributed by atoms with Gasteiger partial charge in [-0.1, -0.05) is 18.2 Å². The van der Waals surface area contributed by atoms with Gasteiger partial charge in [0.05, 0.1) is 0 Å². The molecule has 0 bridgehead atoms. The largest absolute Gasteiger partial charge is 0.444 e. The van der Waals surface area contributed by atoms with Crippen LogP contribution in [0.2, 0.25) is 0 Å². The van der Waals surface area contributed by atoms with E-state index in [0.717, 1.165) is 23.4 Å². The second-order valence-electron chi connectivity index (χ2n) is 7.17. The monoisotopic (exact) mass is 515 g/mol. The molecule has 0 saturated heterocycles. The van der Waals surface area contributed by atoms with Crippen LogP contribution in [0.3, 0.4) is 0 Å². The first-order valence-corrected chi connectivity index (χ1v) is 9.23. The zero-order valence-corrected chi connectivity index (χ0v) is 19.6. The molecule has 4 N–H and O–H groups in total. The van der Waals surface area contributed by atoms with Crippen LogP contribution in [0.4, 0.5) is 4.79 Å². The Hall–Kier alpha value is -2.37. The van der Waals surface area contributed by atoms with Gasteiger partial charge in [0, 0.05) is 32.2 Å². The maximum atomic E-state index is 11.6. The number of ether oxygens (including phenoxy) is 1. The first-order chi connectivity index (χ1) is 13.4. The molecule has 0 aliphatic carbocycles. The molecule has 0 saturated carbocycles. The number of amides is 1. The van der Waals surface area contributed by atoms with Crippen LogP contribution in [-0.2, 0) is 11.3 Å². The SMILES string of the molecule is CN=C(NCCCNC(=O)OC(C)(C)C)NCc1cccc(-c2ncn[nH]2)c1.I. The number of aliphatic imine (C=N–C) groups is 1. The summed E-state index contributed by atoms with van der Waals surface area (Å²) in [5.41, 5.74) is 1.59. The summed E-state index contributed by atoms with van der Waals surface area (Å²) in [7, 11) is 1.72. The minimum absolute atomic E-state index is 0. The summed E-state index contributed by atoms with van der Waals surface area (Å²) in [6.45, 7) is 7.34. The lowest BCUT2D eigenvalue weighted by Crippen LogP contribution is -2.39. The molecule has 10 heteroatoms. The highest BCUT2D eigenvalue weighted by atomic mass is 127. The number of carbonyl (C=O) groups is 1. The van der Waals surface area contributed by atoms with Crippen molar-refractivity contribution in [3.63, 3.8) is 0 Å². The molecule has 0 spiro atoms. The second kappa shape index (κ2) is 12.2. The Morgan fingerprint density at radius 1 is 1.21 bits per heavy atom. The highest BCUT2D eigenvalue weighted by Gasteiger charge is 2.15. The van der Waals surface area contributed by atoms with Crippen molar-refractivity contribution in [3.05, 3.63) is 36.2 Å². The molecule has 1 aromatic carbocycles. The Kier molecular flexibility index (Phi) is 10.4. The van der Waals surface area contributed by atoms with E-state index in [1.54, 1.807) is 7.05 Å². The van der Waals surface area contributed by atoms with Crippen LogP contribution in [0, 0.1) is 0 Å². The predicted molar refractivity (Wildman–Crippen MR) is 124 cm³/mol. The van der Waals surface area contributed by atoms with Crippen molar-refractivity contribution in [1.29, 1.82) is 0 Å². The summed E-state index contributed by atoms with van der Waals surface area (Å²) in [6, 6.07) is 8.04. The van der Waals surface area contributed by atoms with Crippen LogP contribution in [0.25, 0.3) is 11.4 Å². The van der Waals surface area contributed by atoms with Crippen LogP contribution >= 0.6 is 24.0 Å². The Morgan fingerprint density at radius 2 is 1.97 bits per heavy atom. The van der Waals surface area contributed by atoms with Gasteiger partial charge in [0.15, 0.2) is 11.8 Å². The zero-order chi connectivity index (χ0) is 20.4. The fraction of sp³-hybridized carbons (Fsp3) is 0.474. The van der Waals surface area contributed by atoms with Crippen molar-refractivity contribution in [2.45, 2.75) is 39.3 Å². The van der Waals surface area contributed by atoms with E-state index >= 15 is 0 Å². The van der Waals surface area contributed by atoms with Crippen LogP contribution < -0.4 is 16.0 Å². The lowest BCUT2D eigenvalue weighted by atomic mass is 10.1. The molecule has 0 atom stereocenters. The van der Waals surface area contributed by atoms with Crippen molar-refractivity contribution >= 4 is 36.0 Å². The Morgan fingerprint density at radius 3 is 2.62 bits per heavy atom. The maximum Gasteiger partial charge on any atom is 0.407 e. The first-order valence-electron chi connectivity index (χ1n) is 9.23. The molecule has 9 nitrogen and oxygen atoms in total. The number of alkyl carbamates (subject to hydrolysis) is 1. The number of benzene rings is 1. The minimum Gasteiger partial charge on any atom is -0.444 e. The number of guanidine groups is 1. The number of aromatic nitrogens is 3. The Labute approximate surface area is 188 Å². The number of hydrogen-bond donors (Lipinski definition) is 4. The third-order valence-electron chi connectivity index (χ3n) is 3.61. The summed E-state index contributed by atoms with van der Waals surface area (Å²) < 4.78 is 5.19. The number of rotatable bonds is 7. The molecule has 0 fully saturated rings. The van der Waals surface area contributed by atoms with Gasteiger partial charge in [-0.05, 0) is 38.8 Å². The van der Waals surface area contributed by atoms with E-state index in [4.69, 9.17) is 4.74 Å². The number of carbonyl (C=O) groups excluding carboxylic acids is 1. The molecule has 2 rings (SSSR count). The van der Waals surface area contributed by atoms with Crippen LogP contribution in [0.15, 0.2) is 35.6 Å². The van der Waals surface area contributed by atoms with Crippen molar-refractivity contribution in [2.75, 3.05) is 20.1 Å². The number of halogens is 1. The first kappa shape index (κ1) is 24.7. The van der Waals surface area contributed by atoms with Gasteiger partial charge in [-0.15, -0.1) is 24.0 Å². The summed E-state index contributed by atoms with van der Waals surface area (Å²) in [6.07, 6.45) is 1.84. The summed E-state index contributed by atoms with van der Waals surface area (Å²) in [4.78, 5) is 20.0. The molecule has 1 amide bonds. The number of aromatic amines is 1. The fourth-order valence-corrected chi connectivity index (χ4v) is 2.38. The van der Waals surface area contributed by atoms with Gasteiger partial charge in [0.2, 0.25) is 0 Å². The van der Waals surface area contributed by atoms with Crippen molar-refractivity contribution in [3.8, 4) is 11.4 Å². The van der Waals surface area contributed by atoms with Gasteiger partial charge in [-0.2, -0.15) is 5.10 Å². The average Bonchev–Trinajstić information content (AvgIpc) is 3.17. The smallest absolute Gasteiger partial charge is 0.407 e. The summed E-state index contributed by atoms with van der Waals surface area (Å²) >= 11 is 0. The van der Waals surface area contributed by atoms with Crippen LogP contribution in [0.5, 0.6) is 0 Å². The predicted octanol–water partition coefficient (Wildman–Crippen LogP) is 2.67. The van der Waals surface area contributed by atoms with E-state index in [1.165, 1.54) is 6.33 Å². The van der Waals surface area contributed by atoms with Gasteiger partial charge in [0.25, 0.3) is 0 Å². The second-order valence-corrected chi connectivity index (χ2v) is 7.17. The molecule has 0 unspecified atom stereocenters.